The van der Waals surface area contributed by atoms with Gasteiger partial charge in [-0.1, -0.05) is 6.07 Å². The van der Waals surface area contributed by atoms with Crippen molar-refractivity contribution in [1.82, 2.24) is 19.4 Å². The largest absolute Gasteiger partial charge is 0.363 e. The van der Waals surface area contributed by atoms with Crippen molar-refractivity contribution in [2.75, 3.05) is 37.4 Å². The molecule has 128 valence electrons. The molecular formula is C16H23N7O. The number of carbonyl (C=O) groups excluding carboxylic acids is 1. The Morgan fingerprint density at radius 3 is 2.83 bits per heavy atom. The van der Waals surface area contributed by atoms with Gasteiger partial charge >= 0.3 is 6.03 Å². The number of aromatic nitrogens is 3. The van der Waals surface area contributed by atoms with Gasteiger partial charge in [0, 0.05) is 52.4 Å². The number of imidazole rings is 1. The zero-order valence-electron chi connectivity index (χ0n) is 14.2. The molecule has 24 heavy (non-hydrogen) atoms. The maximum Gasteiger partial charge on any atom is 0.323 e. The standard InChI is InChI=1S/C16H23N7O/c1-21(2)15-6-4-5-14(19-15)20-16(24)23-7-11(12(17)8-23)13-9-22(3)10-18-13/h4-6,9-12H,7-8,17H2,1-3H3,(H,19,20,24)/t11-,12-/m1/s1. The van der Waals surface area contributed by atoms with E-state index in [1.54, 1.807) is 17.3 Å². The molecule has 1 saturated heterocycles. The quantitative estimate of drug-likeness (QED) is 0.870. The molecule has 8 nitrogen and oxygen atoms in total. The molecule has 1 aliphatic heterocycles. The van der Waals surface area contributed by atoms with Gasteiger partial charge in [0.05, 0.1) is 12.0 Å². The van der Waals surface area contributed by atoms with E-state index in [-0.39, 0.29) is 18.0 Å². The number of nitrogens with one attached hydrogen (secondary N) is 1. The maximum atomic E-state index is 12.5. The summed E-state index contributed by atoms with van der Waals surface area (Å²) in [6.45, 7) is 1.05. The van der Waals surface area contributed by atoms with Crippen LogP contribution >= 0.6 is 0 Å². The normalized spacial score (nSPS) is 20.2. The van der Waals surface area contributed by atoms with Crippen LogP contribution in [0.15, 0.2) is 30.7 Å². The van der Waals surface area contributed by atoms with E-state index in [1.165, 1.54) is 0 Å². The summed E-state index contributed by atoms with van der Waals surface area (Å²) in [6, 6.07) is 5.22. The van der Waals surface area contributed by atoms with Crippen LogP contribution in [0.5, 0.6) is 0 Å². The van der Waals surface area contributed by atoms with E-state index in [1.807, 2.05) is 48.9 Å². The van der Waals surface area contributed by atoms with E-state index in [9.17, 15) is 4.79 Å². The Morgan fingerprint density at radius 1 is 1.38 bits per heavy atom. The summed E-state index contributed by atoms with van der Waals surface area (Å²) < 4.78 is 1.89. The first kappa shape index (κ1) is 16.3. The van der Waals surface area contributed by atoms with E-state index in [0.717, 1.165) is 11.5 Å². The minimum atomic E-state index is -0.188. The van der Waals surface area contributed by atoms with Gasteiger partial charge in [0.25, 0.3) is 0 Å². The molecule has 0 spiro atoms. The number of hydrogen-bond acceptors (Lipinski definition) is 5. The molecule has 2 amide bonds. The van der Waals surface area contributed by atoms with Crippen LogP contribution in [0, 0.1) is 0 Å². The maximum absolute atomic E-state index is 12.5. The highest BCUT2D eigenvalue weighted by Gasteiger charge is 2.35. The molecule has 0 unspecified atom stereocenters. The molecule has 2 aromatic rings. The number of nitrogens with two attached hydrogens (primary N) is 1. The van der Waals surface area contributed by atoms with Crippen molar-refractivity contribution in [2.24, 2.45) is 12.8 Å². The smallest absolute Gasteiger partial charge is 0.323 e. The number of anilines is 2. The molecule has 3 N–H and O–H groups in total. The molecule has 0 saturated carbocycles. The van der Waals surface area contributed by atoms with Gasteiger partial charge in [0.2, 0.25) is 0 Å². The molecule has 3 heterocycles. The average Bonchev–Trinajstić information content (AvgIpc) is 3.13. The number of likely N-dealkylation sites (tertiary alicyclic amines) is 1. The predicted octanol–water partition coefficient (Wildman–Crippen LogP) is 0.840. The third-order valence-corrected chi connectivity index (χ3v) is 4.18. The van der Waals surface area contributed by atoms with Crippen molar-refractivity contribution in [2.45, 2.75) is 12.0 Å². The SMILES string of the molecule is CN(C)c1cccc(NC(=O)N2C[C@@H](N)[C@H](c3cn(C)cn3)C2)n1. The highest BCUT2D eigenvalue weighted by atomic mass is 16.2. The Bertz CT molecular complexity index is 727. The zero-order chi connectivity index (χ0) is 17.3. The molecular weight excluding hydrogens is 306 g/mol. The van der Waals surface area contributed by atoms with Gasteiger partial charge < -0.3 is 20.1 Å². The number of hydrogen-bond donors (Lipinski definition) is 2. The molecule has 0 aromatic carbocycles. The molecule has 2 aromatic heterocycles. The molecule has 3 rings (SSSR count). The fourth-order valence-corrected chi connectivity index (χ4v) is 2.86. The van der Waals surface area contributed by atoms with Gasteiger partial charge in [0.1, 0.15) is 11.6 Å². The highest BCUT2D eigenvalue weighted by molar-refractivity contribution is 5.88. The second kappa shape index (κ2) is 6.48. The van der Waals surface area contributed by atoms with Crippen molar-refractivity contribution >= 4 is 17.7 Å². The lowest BCUT2D eigenvalue weighted by molar-refractivity contribution is 0.221. The third-order valence-electron chi connectivity index (χ3n) is 4.18. The minimum absolute atomic E-state index is 0.0537. The molecule has 2 atom stereocenters. The van der Waals surface area contributed by atoms with E-state index < -0.39 is 0 Å². The second-order valence-electron chi connectivity index (χ2n) is 6.34. The molecule has 0 aliphatic carbocycles. The number of pyridine rings is 1. The van der Waals surface area contributed by atoms with Crippen LogP contribution < -0.4 is 16.0 Å². The third kappa shape index (κ3) is 3.33. The summed E-state index contributed by atoms with van der Waals surface area (Å²) in [5, 5.41) is 2.84. The van der Waals surface area contributed by atoms with Gasteiger partial charge in [-0.2, -0.15) is 0 Å². The topological polar surface area (TPSA) is 92.3 Å². The van der Waals surface area contributed by atoms with Crippen molar-refractivity contribution < 1.29 is 4.79 Å². The molecule has 8 heteroatoms. The number of nitrogens with zero attached hydrogens (tertiary/aromatic N) is 5. The van der Waals surface area contributed by atoms with Gasteiger partial charge in [-0.3, -0.25) is 5.32 Å². The van der Waals surface area contributed by atoms with E-state index in [0.29, 0.717) is 18.9 Å². The monoisotopic (exact) mass is 329 g/mol. The Hall–Kier alpha value is -2.61. The van der Waals surface area contributed by atoms with Crippen molar-refractivity contribution in [1.29, 1.82) is 0 Å². The van der Waals surface area contributed by atoms with Crippen LogP contribution in [-0.4, -0.2) is 58.7 Å². The molecule has 0 radical (unpaired) electrons. The summed E-state index contributed by atoms with van der Waals surface area (Å²) in [4.78, 5) is 24.9. The number of urea groups is 1. The lowest BCUT2D eigenvalue weighted by Crippen LogP contribution is -2.35. The first-order chi connectivity index (χ1) is 11.4. The van der Waals surface area contributed by atoms with Crippen LogP contribution in [0.1, 0.15) is 11.6 Å². The summed E-state index contributed by atoms with van der Waals surface area (Å²) in [5.41, 5.74) is 7.14. The van der Waals surface area contributed by atoms with Gasteiger partial charge in [-0.25, -0.2) is 14.8 Å². The van der Waals surface area contributed by atoms with Crippen molar-refractivity contribution in [3.8, 4) is 0 Å². The molecule has 1 fully saturated rings. The van der Waals surface area contributed by atoms with Crippen molar-refractivity contribution in [3.63, 3.8) is 0 Å². The fraction of sp³-hybridized carbons (Fsp3) is 0.438. The Labute approximate surface area is 141 Å². The lowest BCUT2D eigenvalue weighted by atomic mass is 10.0. The Morgan fingerprint density at radius 2 is 2.17 bits per heavy atom. The fourth-order valence-electron chi connectivity index (χ4n) is 2.86. The highest BCUT2D eigenvalue weighted by Crippen LogP contribution is 2.25. The predicted molar refractivity (Wildman–Crippen MR) is 93.1 cm³/mol. The van der Waals surface area contributed by atoms with Crippen LogP contribution in [-0.2, 0) is 7.05 Å². The van der Waals surface area contributed by atoms with Crippen LogP contribution in [0.3, 0.4) is 0 Å². The number of rotatable bonds is 3. The van der Waals surface area contributed by atoms with Gasteiger partial charge in [0.15, 0.2) is 0 Å². The summed E-state index contributed by atoms with van der Waals surface area (Å²) >= 11 is 0. The molecule has 0 bridgehead atoms. The summed E-state index contributed by atoms with van der Waals surface area (Å²) in [5.74, 6) is 1.37. The van der Waals surface area contributed by atoms with E-state index >= 15 is 0 Å². The van der Waals surface area contributed by atoms with Crippen molar-refractivity contribution in [3.05, 3.63) is 36.4 Å². The number of aryl methyl sites for hydroxylation is 1. The van der Waals surface area contributed by atoms with Crippen LogP contribution in [0.25, 0.3) is 0 Å². The van der Waals surface area contributed by atoms with Gasteiger partial charge in [-0.05, 0) is 12.1 Å². The first-order valence-electron chi connectivity index (χ1n) is 7.88. The zero-order valence-corrected chi connectivity index (χ0v) is 14.2. The Kier molecular flexibility index (Phi) is 4.39. The van der Waals surface area contributed by atoms with E-state index in [2.05, 4.69) is 15.3 Å². The minimum Gasteiger partial charge on any atom is -0.363 e. The Balaban J connectivity index is 1.67. The molecule has 1 aliphatic rings. The van der Waals surface area contributed by atoms with Gasteiger partial charge in [-0.15, -0.1) is 0 Å². The number of amides is 2. The first-order valence-corrected chi connectivity index (χ1v) is 7.88. The van der Waals surface area contributed by atoms with Crippen LogP contribution in [0.2, 0.25) is 0 Å². The average molecular weight is 329 g/mol. The van der Waals surface area contributed by atoms with E-state index in [4.69, 9.17) is 5.73 Å². The number of carbonyl (C=O) groups is 1. The van der Waals surface area contributed by atoms with Crippen LogP contribution in [0.4, 0.5) is 16.4 Å². The summed E-state index contributed by atoms with van der Waals surface area (Å²) in [7, 11) is 5.74. The second-order valence-corrected chi connectivity index (χ2v) is 6.34. The summed E-state index contributed by atoms with van der Waals surface area (Å²) in [6.07, 6.45) is 3.70. The lowest BCUT2D eigenvalue weighted by Gasteiger charge is -2.17.